The molecule has 120 valence electrons. The van der Waals surface area contributed by atoms with Gasteiger partial charge in [0.25, 0.3) is 5.91 Å². The van der Waals surface area contributed by atoms with E-state index in [2.05, 4.69) is 0 Å². The molecule has 1 amide bonds. The molecule has 0 spiro atoms. The molecule has 2 aromatic carbocycles. The van der Waals surface area contributed by atoms with Gasteiger partial charge in [-0.2, -0.15) is 13.2 Å². The van der Waals surface area contributed by atoms with Gasteiger partial charge in [-0.05, 0) is 12.1 Å². The first-order valence-corrected chi connectivity index (χ1v) is 6.69. The van der Waals surface area contributed by atoms with Crippen LogP contribution in [0.5, 0.6) is 11.5 Å². The maximum Gasteiger partial charge on any atom is 0.453 e. The number of alkyl halides is 3. The van der Waals surface area contributed by atoms with Gasteiger partial charge >= 0.3 is 11.9 Å². The lowest BCUT2D eigenvalue weighted by atomic mass is 9.98. The second-order valence-electron chi connectivity index (χ2n) is 4.96. The van der Waals surface area contributed by atoms with E-state index in [0.29, 0.717) is 5.75 Å². The van der Waals surface area contributed by atoms with Gasteiger partial charge in [0.15, 0.2) is 0 Å². The fourth-order valence-corrected chi connectivity index (χ4v) is 2.42. The Morgan fingerprint density at radius 2 is 1.83 bits per heavy atom. The highest BCUT2D eigenvalue weighted by Crippen LogP contribution is 2.44. The van der Waals surface area contributed by atoms with Gasteiger partial charge in [-0.1, -0.05) is 30.3 Å². The van der Waals surface area contributed by atoms with E-state index in [0.717, 1.165) is 0 Å². The van der Waals surface area contributed by atoms with Crippen molar-refractivity contribution in [3.05, 3.63) is 59.7 Å². The average Bonchev–Trinajstić information content (AvgIpc) is 2.53. The molecule has 23 heavy (non-hydrogen) atoms. The Bertz CT molecular complexity index is 746. The SMILES string of the molecule is COc1ccc2c(c1)O[C@](c1ccccc1)(C(F)(F)F)NC2=O. The predicted octanol–water partition coefficient (Wildman–Crippen LogP) is 3.23. The van der Waals surface area contributed by atoms with Crippen LogP contribution in [0.3, 0.4) is 0 Å². The minimum Gasteiger partial charge on any atom is -0.497 e. The topological polar surface area (TPSA) is 47.6 Å². The third-order valence-corrected chi connectivity index (χ3v) is 3.57. The zero-order valence-electron chi connectivity index (χ0n) is 12.0. The Hall–Kier alpha value is -2.70. The molecule has 3 rings (SSSR count). The smallest absolute Gasteiger partial charge is 0.453 e. The highest BCUT2D eigenvalue weighted by molar-refractivity contribution is 5.98. The van der Waals surface area contributed by atoms with Crippen LogP contribution in [0.15, 0.2) is 48.5 Å². The third kappa shape index (κ3) is 2.38. The predicted molar refractivity (Wildman–Crippen MR) is 75.3 cm³/mol. The number of rotatable bonds is 2. The van der Waals surface area contributed by atoms with Gasteiger partial charge in [0.05, 0.1) is 12.7 Å². The van der Waals surface area contributed by atoms with Crippen molar-refractivity contribution in [2.45, 2.75) is 11.9 Å². The lowest BCUT2D eigenvalue weighted by Gasteiger charge is -2.40. The zero-order chi connectivity index (χ0) is 16.7. The largest absolute Gasteiger partial charge is 0.497 e. The number of methoxy groups -OCH3 is 1. The van der Waals surface area contributed by atoms with Crippen molar-refractivity contribution >= 4 is 5.91 Å². The Balaban J connectivity index is 2.18. The van der Waals surface area contributed by atoms with Crippen LogP contribution in [0.4, 0.5) is 13.2 Å². The first-order valence-electron chi connectivity index (χ1n) is 6.69. The summed E-state index contributed by atoms with van der Waals surface area (Å²) in [5.74, 6) is -0.757. The number of ether oxygens (including phenoxy) is 2. The van der Waals surface area contributed by atoms with Crippen LogP contribution >= 0.6 is 0 Å². The van der Waals surface area contributed by atoms with Crippen LogP contribution in [0.25, 0.3) is 0 Å². The molecule has 2 aromatic rings. The molecule has 1 heterocycles. The fraction of sp³-hybridized carbons (Fsp3) is 0.188. The Labute approximate surface area is 129 Å². The lowest BCUT2D eigenvalue weighted by molar-refractivity contribution is -0.265. The number of carbonyl (C=O) groups excluding carboxylic acids is 1. The zero-order valence-corrected chi connectivity index (χ0v) is 12.0. The second kappa shape index (κ2) is 5.19. The summed E-state index contributed by atoms with van der Waals surface area (Å²) in [4.78, 5) is 12.2. The van der Waals surface area contributed by atoms with Crippen molar-refractivity contribution in [1.82, 2.24) is 5.32 Å². The minimum atomic E-state index is -4.86. The van der Waals surface area contributed by atoms with E-state index in [-0.39, 0.29) is 16.9 Å². The normalized spacial score (nSPS) is 20.3. The molecule has 0 radical (unpaired) electrons. The highest BCUT2D eigenvalue weighted by Gasteiger charge is 2.62. The van der Waals surface area contributed by atoms with Crippen LogP contribution in [0.1, 0.15) is 15.9 Å². The van der Waals surface area contributed by atoms with E-state index in [1.54, 1.807) is 6.07 Å². The van der Waals surface area contributed by atoms with Crippen molar-refractivity contribution in [3.8, 4) is 11.5 Å². The number of halogens is 3. The first-order chi connectivity index (χ1) is 10.9. The van der Waals surface area contributed by atoms with Gasteiger partial charge < -0.3 is 14.8 Å². The second-order valence-corrected chi connectivity index (χ2v) is 4.96. The molecular weight excluding hydrogens is 311 g/mol. The van der Waals surface area contributed by atoms with Crippen molar-refractivity contribution in [3.63, 3.8) is 0 Å². The molecule has 0 unspecified atom stereocenters. The molecule has 0 saturated heterocycles. The minimum absolute atomic E-state index is 0.0154. The van der Waals surface area contributed by atoms with E-state index < -0.39 is 17.8 Å². The van der Waals surface area contributed by atoms with Gasteiger partial charge in [-0.3, -0.25) is 4.79 Å². The average molecular weight is 323 g/mol. The molecule has 0 fully saturated rings. The van der Waals surface area contributed by atoms with Crippen molar-refractivity contribution in [2.24, 2.45) is 0 Å². The van der Waals surface area contributed by atoms with Crippen LogP contribution in [-0.2, 0) is 5.72 Å². The number of hydrogen-bond donors (Lipinski definition) is 1. The van der Waals surface area contributed by atoms with E-state index >= 15 is 0 Å². The molecule has 1 N–H and O–H groups in total. The molecule has 1 aliphatic rings. The summed E-state index contributed by atoms with van der Waals surface area (Å²) in [6.07, 6.45) is -4.86. The number of fused-ring (bicyclic) bond motifs is 1. The van der Waals surface area contributed by atoms with Gasteiger partial charge in [-0.15, -0.1) is 0 Å². The Morgan fingerprint density at radius 3 is 2.43 bits per heavy atom. The summed E-state index contributed by atoms with van der Waals surface area (Å²) >= 11 is 0. The van der Waals surface area contributed by atoms with Gasteiger partial charge in [0.1, 0.15) is 11.5 Å². The summed E-state index contributed by atoms with van der Waals surface area (Å²) in [5, 5.41) is 1.95. The maximum atomic E-state index is 13.8. The van der Waals surface area contributed by atoms with Crippen LogP contribution in [-0.4, -0.2) is 19.2 Å². The summed E-state index contributed by atoms with van der Waals surface area (Å²) in [5.41, 5.74) is -3.14. The van der Waals surface area contributed by atoms with Gasteiger partial charge in [0, 0.05) is 11.6 Å². The molecular formula is C16H12F3NO3. The van der Waals surface area contributed by atoms with E-state index in [9.17, 15) is 18.0 Å². The molecule has 1 aliphatic heterocycles. The van der Waals surface area contributed by atoms with Crippen molar-refractivity contribution in [1.29, 1.82) is 0 Å². The monoisotopic (exact) mass is 323 g/mol. The number of carbonyl (C=O) groups is 1. The summed E-state index contributed by atoms with van der Waals surface area (Å²) in [6, 6.07) is 11.1. The Morgan fingerprint density at radius 1 is 1.13 bits per heavy atom. The molecule has 1 atom stereocenters. The maximum absolute atomic E-state index is 13.8. The molecule has 0 aromatic heterocycles. The standard InChI is InChI=1S/C16H12F3NO3/c1-22-11-7-8-12-13(9-11)23-15(16(17,18)19,20-14(12)21)10-5-3-2-4-6-10/h2-9H,1H3,(H,20,21)/t15-/m1/s1. The summed E-state index contributed by atoms with van der Waals surface area (Å²) in [6.45, 7) is 0. The molecule has 0 bridgehead atoms. The number of nitrogens with one attached hydrogen (secondary N) is 1. The number of amides is 1. The quantitative estimate of drug-likeness (QED) is 0.923. The highest BCUT2D eigenvalue weighted by atomic mass is 19.4. The van der Waals surface area contributed by atoms with Crippen LogP contribution in [0.2, 0.25) is 0 Å². The first kappa shape index (κ1) is 15.2. The molecule has 7 heteroatoms. The number of hydrogen-bond acceptors (Lipinski definition) is 3. The third-order valence-electron chi connectivity index (χ3n) is 3.57. The number of benzene rings is 2. The summed E-state index contributed by atoms with van der Waals surface area (Å²) < 4.78 is 51.5. The summed E-state index contributed by atoms with van der Waals surface area (Å²) in [7, 11) is 1.37. The molecule has 0 saturated carbocycles. The van der Waals surface area contributed by atoms with E-state index in [4.69, 9.17) is 9.47 Å². The fourth-order valence-electron chi connectivity index (χ4n) is 2.42. The molecule has 0 aliphatic carbocycles. The van der Waals surface area contributed by atoms with Gasteiger partial charge in [0.2, 0.25) is 0 Å². The van der Waals surface area contributed by atoms with Crippen LogP contribution in [0, 0.1) is 0 Å². The van der Waals surface area contributed by atoms with Crippen molar-refractivity contribution < 1.29 is 27.4 Å². The lowest BCUT2D eigenvalue weighted by Crippen LogP contribution is -2.62. The van der Waals surface area contributed by atoms with Crippen molar-refractivity contribution in [2.75, 3.05) is 7.11 Å². The van der Waals surface area contributed by atoms with Gasteiger partial charge in [-0.25, -0.2) is 0 Å². The van der Waals surface area contributed by atoms with Crippen LogP contribution < -0.4 is 14.8 Å². The van der Waals surface area contributed by atoms with E-state index in [1.165, 1.54) is 49.6 Å². The van der Waals surface area contributed by atoms with E-state index in [1.807, 2.05) is 5.32 Å². The molecule has 4 nitrogen and oxygen atoms in total. The Kier molecular flexibility index (Phi) is 3.43.